The highest BCUT2D eigenvalue weighted by atomic mass is 16.4. The number of fused-ring (bicyclic) bond motifs is 1. The number of aliphatic hydroxyl groups is 1. The molecule has 8 nitrogen and oxygen atoms in total. The van der Waals surface area contributed by atoms with Crippen molar-refractivity contribution < 1.29 is 19.8 Å². The molecule has 0 aromatic heterocycles. The Bertz CT molecular complexity index is 570. The van der Waals surface area contributed by atoms with Crippen LogP contribution in [0.25, 0.3) is 0 Å². The second-order valence-electron chi connectivity index (χ2n) is 3.82. The fraction of sp³-hybridized carbons (Fsp3) is 0.182. The summed E-state index contributed by atoms with van der Waals surface area (Å²) in [6.45, 7) is -0.234. The second-order valence-corrected chi connectivity index (χ2v) is 3.82. The maximum atomic E-state index is 11.0. The van der Waals surface area contributed by atoms with Gasteiger partial charge in [0.2, 0.25) is 0 Å². The topological polar surface area (TPSA) is 137 Å². The molecule has 1 atom stereocenters. The Morgan fingerprint density at radius 3 is 2.84 bits per heavy atom. The highest BCUT2D eigenvalue weighted by Crippen LogP contribution is 2.29. The maximum absolute atomic E-state index is 11.0. The van der Waals surface area contributed by atoms with Crippen molar-refractivity contribution in [3.05, 3.63) is 29.3 Å². The maximum Gasteiger partial charge on any atom is 0.337 e. The van der Waals surface area contributed by atoms with Gasteiger partial charge in [-0.15, -0.1) is 0 Å². The van der Waals surface area contributed by atoms with E-state index < -0.39 is 18.1 Å². The SMILES string of the molecule is NCC(=O)N/N=C1\c2cccc(C(=O)O)c2N[C@H]1O. The largest absolute Gasteiger partial charge is 0.478 e. The number of carboxylic acid groups (broad SMARTS) is 1. The number of para-hydroxylation sites is 1. The number of nitrogens with one attached hydrogen (secondary N) is 2. The Hall–Kier alpha value is -2.45. The smallest absolute Gasteiger partial charge is 0.337 e. The molecular formula is C11H12N4O4. The number of carboxylic acids is 1. The van der Waals surface area contributed by atoms with Gasteiger partial charge in [-0.25, -0.2) is 10.2 Å². The van der Waals surface area contributed by atoms with Gasteiger partial charge in [-0.2, -0.15) is 5.10 Å². The predicted molar refractivity (Wildman–Crippen MR) is 66.8 cm³/mol. The van der Waals surface area contributed by atoms with E-state index in [2.05, 4.69) is 15.8 Å². The summed E-state index contributed by atoms with van der Waals surface area (Å²) >= 11 is 0. The van der Waals surface area contributed by atoms with Gasteiger partial charge in [0.25, 0.3) is 5.91 Å². The fourth-order valence-electron chi connectivity index (χ4n) is 1.74. The van der Waals surface area contributed by atoms with Gasteiger partial charge in [0.15, 0.2) is 6.23 Å². The van der Waals surface area contributed by atoms with E-state index >= 15 is 0 Å². The van der Waals surface area contributed by atoms with Gasteiger partial charge < -0.3 is 21.3 Å². The number of carbonyl (C=O) groups is 2. The summed E-state index contributed by atoms with van der Waals surface area (Å²) in [5, 5.41) is 25.2. The molecule has 1 heterocycles. The molecule has 0 unspecified atom stereocenters. The first-order valence-corrected chi connectivity index (χ1v) is 5.42. The normalized spacial score (nSPS) is 18.8. The number of nitrogens with zero attached hydrogens (tertiary/aromatic N) is 1. The molecule has 19 heavy (non-hydrogen) atoms. The molecule has 0 fully saturated rings. The zero-order valence-corrected chi connectivity index (χ0v) is 9.75. The van der Waals surface area contributed by atoms with Gasteiger partial charge in [0.1, 0.15) is 5.71 Å². The highest BCUT2D eigenvalue weighted by molar-refractivity contribution is 6.16. The van der Waals surface area contributed by atoms with Crippen molar-refractivity contribution in [3.8, 4) is 0 Å². The molecule has 1 aliphatic rings. The first kappa shape index (κ1) is 13.0. The minimum atomic E-state index is -1.19. The molecule has 0 aliphatic carbocycles. The Labute approximate surface area is 107 Å². The fourth-order valence-corrected chi connectivity index (χ4v) is 1.74. The third kappa shape index (κ3) is 2.39. The van der Waals surface area contributed by atoms with E-state index in [1.807, 2.05) is 0 Å². The van der Waals surface area contributed by atoms with Gasteiger partial charge in [-0.1, -0.05) is 12.1 Å². The Kier molecular flexibility index (Phi) is 3.45. The Morgan fingerprint density at radius 2 is 2.21 bits per heavy atom. The highest BCUT2D eigenvalue weighted by Gasteiger charge is 2.30. The predicted octanol–water partition coefficient (Wildman–Crippen LogP) is -1.09. The minimum absolute atomic E-state index is 0.0203. The number of nitrogens with two attached hydrogens (primary N) is 1. The van der Waals surface area contributed by atoms with Crippen LogP contribution in [0.2, 0.25) is 0 Å². The van der Waals surface area contributed by atoms with E-state index in [0.717, 1.165) is 0 Å². The lowest BCUT2D eigenvalue weighted by molar-refractivity contribution is -0.119. The van der Waals surface area contributed by atoms with Crippen LogP contribution in [0, 0.1) is 0 Å². The lowest BCUT2D eigenvalue weighted by atomic mass is 10.1. The van der Waals surface area contributed by atoms with Crippen LogP contribution in [0.3, 0.4) is 0 Å². The van der Waals surface area contributed by atoms with E-state index in [-0.39, 0.29) is 23.5 Å². The Morgan fingerprint density at radius 1 is 1.47 bits per heavy atom. The molecule has 1 amide bonds. The van der Waals surface area contributed by atoms with Crippen molar-refractivity contribution in [1.29, 1.82) is 0 Å². The number of hydrazone groups is 1. The molecule has 8 heteroatoms. The lowest BCUT2D eigenvalue weighted by Gasteiger charge is -2.04. The van der Waals surface area contributed by atoms with Crippen molar-refractivity contribution in [2.45, 2.75) is 6.23 Å². The molecule has 2 rings (SSSR count). The van der Waals surface area contributed by atoms with Crippen LogP contribution in [-0.2, 0) is 4.79 Å². The summed E-state index contributed by atoms with van der Waals surface area (Å²) in [6.07, 6.45) is -1.19. The zero-order valence-electron chi connectivity index (χ0n) is 9.75. The molecular weight excluding hydrogens is 252 g/mol. The first-order chi connectivity index (χ1) is 9.04. The van der Waals surface area contributed by atoms with Gasteiger partial charge in [-0.3, -0.25) is 4.79 Å². The summed E-state index contributed by atoms with van der Waals surface area (Å²) in [4.78, 5) is 22.1. The first-order valence-electron chi connectivity index (χ1n) is 5.42. The second kappa shape index (κ2) is 5.04. The van der Waals surface area contributed by atoms with Gasteiger partial charge in [0.05, 0.1) is 17.8 Å². The van der Waals surface area contributed by atoms with Crippen LogP contribution < -0.4 is 16.5 Å². The van der Waals surface area contributed by atoms with Crippen LogP contribution in [0.1, 0.15) is 15.9 Å². The summed E-state index contributed by atoms with van der Waals surface area (Å²) in [5.41, 5.74) is 8.13. The van der Waals surface area contributed by atoms with E-state index in [9.17, 15) is 14.7 Å². The van der Waals surface area contributed by atoms with E-state index in [1.54, 1.807) is 6.07 Å². The van der Waals surface area contributed by atoms with E-state index in [0.29, 0.717) is 5.56 Å². The van der Waals surface area contributed by atoms with Crippen molar-refractivity contribution >= 4 is 23.3 Å². The number of anilines is 1. The molecule has 0 saturated carbocycles. The Balaban J connectivity index is 2.39. The number of aromatic carboxylic acids is 1. The molecule has 6 N–H and O–H groups in total. The summed E-state index contributed by atoms with van der Waals surface area (Å²) in [7, 11) is 0. The van der Waals surface area contributed by atoms with Crippen LogP contribution in [0.4, 0.5) is 5.69 Å². The number of amides is 1. The molecule has 0 saturated heterocycles. The average Bonchev–Trinajstić information content (AvgIpc) is 2.71. The van der Waals surface area contributed by atoms with Crippen LogP contribution in [0.15, 0.2) is 23.3 Å². The molecule has 0 radical (unpaired) electrons. The molecule has 1 aromatic rings. The average molecular weight is 264 g/mol. The lowest BCUT2D eigenvalue weighted by Crippen LogP contribution is -2.30. The van der Waals surface area contributed by atoms with Crippen molar-refractivity contribution in [3.63, 3.8) is 0 Å². The third-order valence-corrected chi connectivity index (χ3v) is 2.60. The number of hydrogen-bond acceptors (Lipinski definition) is 6. The van der Waals surface area contributed by atoms with Crippen LogP contribution >= 0.6 is 0 Å². The molecule has 100 valence electrons. The van der Waals surface area contributed by atoms with Crippen LogP contribution in [-0.4, -0.2) is 40.6 Å². The summed E-state index contributed by atoms with van der Waals surface area (Å²) < 4.78 is 0. The van der Waals surface area contributed by atoms with Crippen LogP contribution in [0.5, 0.6) is 0 Å². The number of benzene rings is 1. The van der Waals surface area contributed by atoms with E-state index in [4.69, 9.17) is 10.8 Å². The van der Waals surface area contributed by atoms with E-state index in [1.165, 1.54) is 12.1 Å². The van der Waals surface area contributed by atoms with Gasteiger partial charge in [0, 0.05) is 5.56 Å². The number of aliphatic hydroxyl groups excluding tert-OH is 1. The van der Waals surface area contributed by atoms with Crippen molar-refractivity contribution in [2.75, 3.05) is 11.9 Å². The standard InChI is InChI=1S/C11H12N4O4/c12-4-7(16)14-15-9-5-2-1-3-6(11(18)19)8(5)13-10(9)17/h1-3,10,13,17H,4,12H2,(H,14,16)(H,18,19)/b15-9+/t10-/m0/s1. The van der Waals surface area contributed by atoms with Gasteiger partial charge >= 0.3 is 5.97 Å². The monoisotopic (exact) mass is 264 g/mol. The molecule has 0 spiro atoms. The number of hydrogen-bond donors (Lipinski definition) is 5. The molecule has 1 aliphatic heterocycles. The van der Waals surface area contributed by atoms with Gasteiger partial charge in [-0.05, 0) is 6.07 Å². The molecule has 0 bridgehead atoms. The quantitative estimate of drug-likeness (QED) is 0.440. The zero-order chi connectivity index (χ0) is 14.0. The van der Waals surface area contributed by atoms with Crippen molar-refractivity contribution in [2.24, 2.45) is 10.8 Å². The molecule has 1 aromatic carbocycles. The summed E-state index contributed by atoms with van der Waals surface area (Å²) in [6, 6.07) is 4.53. The number of carbonyl (C=O) groups excluding carboxylic acids is 1. The summed E-state index contributed by atoms with van der Waals surface area (Å²) in [5.74, 6) is -1.63. The minimum Gasteiger partial charge on any atom is -0.478 e. The number of rotatable bonds is 3. The van der Waals surface area contributed by atoms with Crippen molar-refractivity contribution in [1.82, 2.24) is 5.43 Å². The third-order valence-electron chi connectivity index (χ3n) is 2.60.